The topological polar surface area (TPSA) is 12.0 Å². The lowest BCUT2D eigenvalue weighted by Crippen LogP contribution is -2.47. The van der Waals surface area contributed by atoms with Gasteiger partial charge in [-0.15, -0.1) is 0 Å². The van der Waals surface area contributed by atoms with E-state index in [9.17, 15) is 35.1 Å². The largest absolute Gasteiger partial charge is 0.454 e. The summed E-state index contributed by atoms with van der Waals surface area (Å²) in [6.07, 6.45) is -10.7. The average Bonchev–Trinajstić information content (AvgIpc) is 1.80. The van der Waals surface area contributed by atoms with Crippen molar-refractivity contribution >= 4 is 0 Å². The van der Waals surface area contributed by atoms with Crippen LogP contribution in [0.3, 0.4) is 0 Å². The Morgan fingerprint density at radius 2 is 1.14 bits per heavy atom. The minimum Gasteiger partial charge on any atom is -0.303 e. The second kappa shape index (κ2) is 3.87. The predicted molar refractivity (Wildman–Crippen MR) is 29.9 cm³/mol. The number of hydrogen-bond donors (Lipinski definition) is 1. The molecule has 0 aliphatic carbocycles. The first-order valence-electron chi connectivity index (χ1n) is 3.18. The van der Waals surface area contributed by atoms with Gasteiger partial charge in [0.15, 0.2) is 0 Å². The third kappa shape index (κ3) is 4.58. The molecule has 0 bridgehead atoms. The Labute approximate surface area is 73.1 Å². The van der Waals surface area contributed by atoms with Gasteiger partial charge in [0.25, 0.3) is 0 Å². The molecule has 0 aromatic carbocycles. The number of halogens is 8. The third-order valence-electron chi connectivity index (χ3n) is 1.09. The van der Waals surface area contributed by atoms with Crippen LogP contribution in [-0.4, -0.2) is 31.4 Å². The van der Waals surface area contributed by atoms with Crippen LogP contribution in [0.15, 0.2) is 0 Å². The average molecular weight is 231 g/mol. The summed E-state index contributed by atoms with van der Waals surface area (Å²) in [4.78, 5) is 0. The van der Waals surface area contributed by atoms with E-state index in [-0.39, 0.29) is 0 Å². The van der Waals surface area contributed by atoms with Crippen LogP contribution in [0.25, 0.3) is 0 Å². The fraction of sp³-hybridized carbons (Fsp3) is 1.00. The summed E-state index contributed by atoms with van der Waals surface area (Å²) in [5, 5.41) is 0.977. The maximum absolute atomic E-state index is 12.0. The lowest BCUT2D eigenvalue weighted by molar-refractivity contribution is -0.280. The Bertz CT molecular complexity index is 179. The molecule has 0 heterocycles. The van der Waals surface area contributed by atoms with E-state index >= 15 is 0 Å². The van der Waals surface area contributed by atoms with Gasteiger partial charge in [-0.3, -0.25) is 0 Å². The van der Waals surface area contributed by atoms with Crippen LogP contribution < -0.4 is 5.32 Å². The molecule has 0 spiro atoms. The second-order valence-corrected chi connectivity index (χ2v) is 2.42. The highest BCUT2D eigenvalue weighted by atomic mass is 19.4. The molecule has 86 valence electrons. The monoisotopic (exact) mass is 231 g/mol. The van der Waals surface area contributed by atoms with Gasteiger partial charge in [0, 0.05) is 0 Å². The van der Waals surface area contributed by atoms with Crippen molar-refractivity contribution in [3.8, 4) is 0 Å². The van der Waals surface area contributed by atoms with Gasteiger partial charge in [0.2, 0.25) is 0 Å². The van der Waals surface area contributed by atoms with Crippen molar-refractivity contribution in [1.82, 2.24) is 5.32 Å². The molecule has 0 aliphatic rings. The summed E-state index contributed by atoms with van der Waals surface area (Å²) in [7, 11) is 0. The zero-order valence-electron chi connectivity index (χ0n) is 6.44. The number of hydrogen-bond acceptors (Lipinski definition) is 1. The standard InChI is InChI=1S/C5H5F8N/c6-3(7,5(11,12)13)1-14-2-4(8,9)10/h14H,1-2H2. The Hall–Kier alpha value is -0.600. The van der Waals surface area contributed by atoms with E-state index in [4.69, 9.17) is 0 Å². The summed E-state index contributed by atoms with van der Waals surface area (Å²) in [5.74, 6) is -5.15. The zero-order chi connectivity index (χ0) is 11.6. The zero-order valence-corrected chi connectivity index (χ0v) is 6.44. The molecular formula is C5H5F8N. The maximum atomic E-state index is 12.0. The van der Waals surface area contributed by atoms with Crippen LogP contribution in [-0.2, 0) is 0 Å². The number of alkyl halides is 8. The van der Waals surface area contributed by atoms with Gasteiger partial charge in [-0.2, -0.15) is 35.1 Å². The van der Waals surface area contributed by atoms with Crippen LogP contribution in [0.5, 0.6) is 0 Å². The summed E-state index contributed by atoms with van der Waals surface area (Å²) in [6, 6.07) is 0. The van der Waals surface area contributed by atoms with E-state index < -0.39 is 31.4 Å². The van der Waals surface area contributed by atoms with Crippen molar-refractivity contribution in [2.45, 2.75) is 18.3 Å². The minimum atomic E-state index is -5.84. The van der Waals surface area contributed by atoms with Gasteiger partial charge in [-0.25, -0.2) is 0 Å². The van der Waals surface area contributed by atoms with Crippen molar-refractivity contribution in [1.29, 1.82) is 0 Å². The van der Waals surface area contributed by atoms with Crippen molar-refractivity contribution < 1.29 is 35.1 Å². The normalized spacial score (nSPS) is 14.6. The van der Waals surface area contributed by atoms with Crippen molar-refractivity contribution in [2.75, 3.05) is 13.1 Å². The van der Waals surface area contributed by atoms with Crippen LogP contribution in [0.1, 0.15) is 0 Å². The molecule has 14 heavy (non-hydrogen) atoms. The molecular weight excluding hydrogens is 226 g/mol. The summed E-state index contributed by atoms with van der Waals surface area (Å²) in [5.41, 5.74) is 0. The highest BCUT2D eigenvalue weighted by Crippen LogP contribution is 2.34. The minimum absolute atomic E-state index is 0.977. The van der Waals surface area contributed by atoms with E-state index in [0.29, 0.717) is 0 Å². The lowest BCUT2D eigenvalue weighted by Gasteiger charge is -2.20. The van der Waals surface area contributed by atoms with Gasteiger partial charge in [-0.05, 0) is 0 Å². The van der Waals surface area contributed by atoms with Crippen LogP contribution >= 0.6 is 0 Å². The molecule has 0 rings (SSSR count). The van der Waals surface area contributed by atoms with Crippen molar-refractivity contribution in [2.24, 2.45) is 0 Å². The molecule has 0 saturated heterocycles. The molecule has 0 radical (unpaired) electrons. The van der Waals surface area contributed by atoms with E-state index in [1.165, 1.54) is 0 Å². The van der Waals surface area contributed by atoms with Crippen LogP contribution in [0.2, 0.25) is 0 Å². The molecule has 0 amide bonds. The van der Waals surface area contributed by atoms with Crippen LogP contribution in [0.4, 0.5) is 35.1 Å². The quantitative estimate of drug-likeness (QED) is 0.735. The molecule has 0 saturated carbocycles. The third-order valence-corrected chi connectivity index (χ3v) is 1.09. The Balaban J connectivity index is 4.02. The Morgan fingerprint density at radius 3 is 1.43 bits per heavy atom. The van der Waals surface area contributed by atoms with Gasteiger partial charge in [-0.1, -0.05) is 0 Å². The van der Waals surface area contributed by atoms with Gasteiger partial charge in [0.1, 0.15) is 0 Å². The van der Waals surface area contributed by atoms with Gasteiger partial charge >= 0.3 is 18.3 Å². The molecule has 0 unspecified atom stereocenters. The molecule has 0 atom stereocenters. The second-order valence-electron chi connectivity index (χ2n) is 2.42. The number of rotatable bonds is 3. The van der Waals surface area contributed by atoms with E-state index in [1.54, 1.807) is 0 Å². The first-order valence-corrected chi connectivity index (χ1v) is 3.18. The Morgan fingerprint density at radius 1 is 0.714 bits per heavy atom. The summed E-state index contributed by atoms with van der Waals surface area (Å²) in [6.45, 7) is -3.98. The van der Waals surface area contributed by atoms with Gasteiger partial charge < -0.3 is 5.32 Å². The molecule has 1 nitrogen and oxygen atoms in total. The number of nitrogens with one attached hydrogen (secondary N) is 1. The highest BCUT2D eigenvalue weighted by Gasteiger charge is 2.57. The van der Waals surface area contributed by atoms with Crippen molar-refractivity contribution in [3.63, 3.8) is 0 Å². The molecule has 0 aromatic heterocycles. The molecule has 0 fully saturated rings. The molecule has 0 aromatic rings. The predicted octanol–water partition coefficient (Wildman–Crippen LogP) is 2.34. The Kier molecular flexibility index (Phi) is 3.71. The molecule has 0 aliphatic heterocycles. The van der Waals surface area contributed by atoms with Crippen LogP contribution in [0, 0.1) is 0 Å². The first kappa shape index (κ1) is 13.4. The fourth-order valence-corrected chi connectivity index (χ4v) is 0.461. The lowest BCUT2D eigenvalue weighted by atomic mass is 10.3. The SMILES string of the molecule is FC(F)(F)CNCC(F)(F)C(F)(F)F. The van der Waals surface area contributed by atoms with Crippen molar-refractivity contribution in [3.05, 3.63) is 0 Å². The fourth-order valence-electron chi connectivity index (χ4n) is 0.461. The summed E-state index contributed by atoms with van der Waals surface area (Å²) < 4.78 is 92.1. The molecule has 9 heteroatoms. The first-order chi connectivity index (χ1) is 5.96. The summed E-state index contributed by atoms with van der Waals surface area (Å²) >= 11 is 0. The van der Waals surface area contributed by atoms with E-state index in [0.717, 1.165) is 5.32 Å². The highest BCUT2D eigenvalue weighted by molar-refractivity contribution is 4.78. The van der Waals surface area contributed by atoms with Gasteiger partial charge in [0.05, 0.1) is 13.1 Å². The van der Waals surface area contributed by atoms with E-state index in [2.05, 4.69) is 0 Å². The van der Waals surface area contributed by atoms with E-state index in [1.807, 2.05) is 0 Å². The smallest absolute Gasteiger partial charge is 0.303 e. The maximum Gasteiger partial charge on any atom is 0.454 e. The molecule has 1 N–H and O–H groups in total.